The molecule has 45 heavy (non-hydrogen) atoms. The maximum Gasteiger partial charge on any atom is 0.181 e. The van der Waals surface area contributed by atoms with E-state index in [2.05, 4.69) is 176 Å². The molecule has 1 aliphatic rings. The summed E-state index contributed by atoms with van der Waals surface area (Å²) in [5.74, 6) is 0.204. The van der Waals surface area contributed by atoms with Crippen molar-refractivity contribution in [3.05, 3.63) is 193 Å². The van der Waals surface area contributed by atoms with Crippen molar-refractivity contribution in [2.75, 3.05) is 0 Å². The monoisotopic (exact) mass is 606 g/mol. The Hall–Kier alpha value is -5.02. The second-order valence-corrected chi connectivity index (χ2v) is 16.8. The lowest BCUT2D eigenvalue weighted by Gasteiger charge is -2.35. The molecule has 1 heterocycles. The smallest absolute Gasteiger partial charge is 0.135 e. The van der Waals surface area contributed by atoms with Gasteiger partial charge in [0, 0.05) is 26.1 Å². The van der Waals surface area contributed by atoms with Crippen LogP contribution in [0.4, 0.5) is 0 Å². The van der Waals surface area contributed by atoms with Crippen molar-refractivity contribution in [1.29, 1.82) is 0 Å². The Kier molecular flexibility index (Phi) is 6.19. The normalized spacial score (nSPS) is 12.8. The van der Waals surface area contributed by atoms with Crippen molar-refractivity contribution < 1.29 is 0 Å². The summed E-state index contributed by atoms with van der Waals surface area (Å²) in [6.45, 7) is 0. The molecule has 2 heteroatoms. The van der Waals surface area contributed by atoms with Crippen LogP contribution in [0, 0.1) is 0 Å². The molecule has 0 spiro atoms. The third-order valence-electron chi connectivity index (χ3n) is 9.71. The van der Waals surface area contributed by atoms with Crippen LogP contribution in [0.15, 0.2) is 176 Å². The van der Waals surface area contributed by atoms with Crippen LogP contribution in [0.3, 0.4) is 0 Å². The van der Waals surface area contributed by atoms with Crippen molar-refractivity contribution in [2.45, 2.75) is 5.92 Å². The van der Waals surface area contributed by atoms with E-state index in [4.69, 9.17) is 0 Å². The SMILES string of the molecule is c1ccc([Si](c2ccccc2)(c2cccc(C3c4ccccc4-c4ccccc43)c2)c2cccc3c2sc2ccccc23)cc1. The number of hydrogen-bond acceptors (Lipinski definition) is 1. The molecule has 7 aromatic carbocycles. The van der Waals surface area contributed by atoms with Gasteiger partial charge in [-0.15, -0.1) is 11.3 Å². The molecule has 1 aliphatic carbocycles. The summed E-state index contributed by atoms with van der Waals surface area (Å²) in [5, 5.41) is 8.39. The Balaban J connectivity index is 1.38. The van der Waals surface area contributed by atoms with E-state index in [1.165, 1.54) is 68.7 Å². The fraction of sp³-hybridized carbons (Fsp3) is 0.0233. The standard InChI is InChI=1S/C43H30SSi/c1-3-16-31(17-4-1)45(32-18-5-2-6-19-32,41-28-14-26-39-36-23-11-12-27-40(36)44-43(39)41)33-20-13-15-30(29-33)42-37-24-9-7-21-34(37)35-22-8-10-25-38(35)42/h1-29,42H. The summed E-state index contributed by atoms with van der Waals surface area (Å²) in [5.41, 5.74) is 6.86. The largest absolute Gasteiger partial charge is 0.181 e. The number of fused-ring (bicyclic) bond motifs is 6. The van der Waals surface area contributed by atoms with Crippen LogP contribution in [0.2, 0.25) is 0 Å². The van der Waals surface area contributed by atoms with Crippen molar-refractivity contribution in [2.24, 2.45) is 0 Å². The fourth-order valence-electron chi connectivity index (χ4n) is 7.85. The molecule has 212 valence electrons. The van der Waals surface area contributed by atoms with E-state index in [-0.39, 0.29) is 5.92 Å². The van der Waals surface area contributed by atoms with Gasteiger partial charge in [0.25, 0.3) is 0 Å². The van der Waals surface area contributed by atoms with Crippen LogP contribution in [0.5, 0.6) is 0 Å². The van der Waals surface area contributed by atoms with Crippen LogP contribution < -0.4 is 20.7 Å². The Morgan fingerprint density at radius 3 is 1.64 bits per heavy atom. The molecule has 0 aliphatic heterocycles. The quantitative estimate of drug-likeness (QED) is 0.136. The third kappa shape index (κ3) is 3.96. The zero-order chi connectivity index (χ0) is 29.8. The molecule has 1 aromatic heterocycles. The molecule has 0 N–H and O–H groups in total. The lowest BCUT2D eigenvalue weighted by molar-refractivity contribution is 1.02. The zero-order valence-electron chi connectivity index (χ0n) is 24.7. The van der Waals surface area contributed by atoms with E-state index < -0.39 is 8.07 Å². The molecule has 0 unspecified atom stereocenters. The van der Waals surface area contributed by atoms with Crippen LogP contribution >= 0.6 is 11.3 Å². The molecule has 9 rings (SSSR count). The molecule has 0 saturated carbocycles. The van der Waals surface area contributed by atoms with Gasteiger partial charge in [-0.05, 0) is 54.6 Å². The first-order valence-electron chi connectivity index (χ1n) is 15.6. The van der Waals surface area contributed by atoms with E-state index in [0.29, 0.717) is 0 Å². The van der Waals surface area contributed by atoms with Crippen molar-refractivity contribution in [1.82, 2.24) is 0 Å². The summed E-state index contributed by atoms with van der Waals surface area (Å²) < 4.78 is 2.75. The first kappa shape index (κ1) is 26.4. The van der Waals surface area contributed by atoms with Crippen LogP contribution in [-0.2, 0) is 0 Å². The van der Waals surface area contributed by atoms with Crippen molar-refractivity contribution in [3.63, 3.8) is 0 Å². The molecule has 0 bridgehead atoms. The highest BCUT2D eigenvalue weighted by molar-refractivity contribution is 7.30. The van der Waals surface area contributed by atoms with E-state index in [1.807, 2.05) is 11.3 Å². The van der Waals surface area contributed by atoms with E-state index in [9.17, 15) is 0 Å². The highest BCUT2D eigenvalue weighted by atomic mass is 32.1. The predicted molar refractivity (Wildman–Crippen MR) is 196 cm³/mol. The highest BCUT2D eigenvalue weighted by Crippen LogP contribution is 2.47. The Morgan fingerprint density at radius 2 is 0.956 bits per heavy atom. The molecule has 8 aromatic rings. The molecule has 0 fully saturated rings. The van der Waals surface area contributed by atoms with Gasteiger partial charge in [0.15, 0.2) is 8.07 Å². The number of benzene rings is 7. The highest BCUT2D eigenvalue weighted by Gasteiger charge is 2.43. The maximum absolute atomic E-state index is 2.78. The van der Waals surface area contributed by atoms with E-state index in [0.717, 1.165) is 0 Å². The molecular weight excluding hydrogens is 577 g/mol. The lowest BCUT2D eigenvalue weighted by Crippen LogP contribution is -2.74. The minimum absolute atomic E-state index is 0.204. The predicted octanol–water partition coefficient (Wildman–Crippen LogP) is 8.59. The summed E-state index contributed by atoms with van der Waals surface area (Å²) in [7, 11) is -2.78. The van der Waals surface area contributed by atoms with Gasteiger partial charge in [0.05, 0.1) is 0 Å². The molecule has 0 amide bonds. The second-order valence-electron chi connectivity index (χ2n) is 12.0. The number of rotatable bonds is 5. The third-order valence-corrected chi connectivity index (χ3v) is 15.9. The van der Waals surface area contributed by atoms with Gasteiger partial charge in [-0.2, -0.15) is 0 Å². The van der Waals surface area contributed by atoms with Gasteiger partial charge in [-0.1, -0.05) is 170 Å². The van der Waals surface area contributed by atoms with Crippen LogP contribution in [-0.4, -0.2) is 8.07 Å². The number of hydrogen-bond donors (Lipinski definition) is 0. The summed E-state index contributed by atoms with van der Waals surface area (Å²) in [4.78, 5) is 0. The van der Waals surface area contributed by atoms with Crippen molar-refractivity contribution >= 4 is 60.3 Å². The zero-order valence-corrected chi connectivity index (χ0v) is 26.5. The summed E-state index contributed by atoms with van der Waals surface area (Å²) in [6, 6.07) is 66.2. The molecule has 0 atom stereocenters. The summed E-state index contributed by atoms with van der Waals surface area (Å²) in [6.07, 6.45) is 0. The summed E-state index contributed by atoms with van der Waals surface area (Å²) >= 11 is 1.94. The molecule has 0 nitrogen and oxygen atoms in total. The minimum Gasteiger partial charge on any atom is -0.135 e. The van der Waals surface area contributed by atoms with Crippen molar-refractivity contribution in [3.8, 4) is 11.1 Å². The fourth-order valence-corrected chi connectivity index (χ4v) is 14.5. The first-order valence-corrected chi connectivity index (χ1v) is 18.5. The van der Waals surface area contributed by atoms with Gasteiger partial charge in [-0.25, -0.2) is 0 Å². The Bertz CT molecular complexity index is 2250. The van der Waals surface area contributed by atoms with Crippen LogP contribution in [0.1, 0.15) is 22.6 Å². The molecule has 0 saturated heterocycles. The van der Waals surface area contributed by atoms with Gasteiger partial charge >= 0.3 is 0 Å². The van der Waals surface area contributed by atoms with Gasteiger partial charge < -0.3 is 0 Å². The lowest BCUT2D eigenvalue weighted by atomic mass is 9.89. The van der Waals surface area contributed by atoms with E-state index >= 15 is 0 Å². The molecule has 0 radical (unpaired) electrons. The number of thiophene rings is 1. The first-order chi connectivity index (χ1) is 22.3. The average molecular weight is 607 g/mol. The molecular formula is C43H30SSi. The van der Waals surface area contributed by atoms with E-state index in [1.54, 1.807) is 0 Å². The Labute approximate surface area is 268 Å². The maximum atomic E-state index is 2.56. The minimum atomic E-state index is -2.78. The van der Waals surface area contributed by atoms with Gasteiger partial charge in [0.1, 0.15) is 0 Å². The van der Waals surface area contributed by atoms with Gasteiger partial charge in [0.2, 0.25) is 0 Å². The Morgan fingerprint density at radius 1 is 0.422 bits per heavy atom. The average Bonchev–Trinajstić information content (AvgIpc) is 3.66. The second kappa shape index (κ2) is 10.6. The van der Waals surface area contributed by atoms with Crippen LogP contribution in [0.25, 0.3) is 31.3 Å². The topological polar surface area (TPSA) is 0 Å². The van der Waals surface area contributed by atoms with Gasteiger partial charge in [-0.3, -0.25) is 0 Å².